The molecule has 2 nitrogen and oxygen atoms in total. The predicted octanol–water partition coefficient (Wildman–Crippen LogP) is 2.71. The second-order valence-corrected chi connectivity index (χ2v) is 3.91. The van der Waals surface area contributed by atoms with Crippen LogP contribution in [-0.2, 0) is 0 Å². The minimum Gasteiger partial charge on any atom is -0.367 e. The molecule has 2 heteroatoms. The third-order valence-corrected chi connectivity index (χ3v) is 2.78. The second kappa shape index (κ2) is 4.18. The van der Waals surface area contributed by atoms with Crippen molar-refractivity contribution in [2.24, 2.45) is 0 Å². The van der Waals surface area contributed by atoms with E-state index >= 15 is 0 Å². The van der Waals surface area contributed by atoms with Crippen molar-refractivity contribution >= 4 is 5.69 Å². The Bertz CT molecular complexity index is 426. The van der Waals surface area contributed by atoms with Gasteiger partial charge >= 0.3 is 0 Å². The monoisotopic (exact) mass is 198 g/mol. The van der Waals surface area contributed by atoms with Gasteiger partial charge in [-0.2, -0.15) is 5.26 Å². The third-order valence-electron chi connectivity index (χ3n) is 2.78. The lowest BCUT2D eigenvalue weighted by Gasteiger charge is -2.27. The fraction of sp³-hybridized carbons (Fsp3) is 0.308. The lowest BCUT2D eigenvalue weighted by Crippen LogP contribution is -2.27. The van der Waals surface area contributed by atoms with Gasteiger partial charge in [0, 0.05) is 18.8 Å². The van der Waals surface area contributed by atoms with E-state index in [9.17, 15) is 0 Å². The SMILES string of the molecule is CC1=CCN(c2cccc(C#N)c2)CC1. The summed E-state index contributed by atoms with van der Waals surface area (Å²) in [6.07, 6.45) is 3.37. The van der Waals surface area contributed by atoms with Gasteiger partial charge in [-0.15, -0.1) is 0 Å². The van der Waals surface area contributed by atoms with Crippen LogP contribution in [0.2, 0.25) is 0 Å². The van der Waals surface area contributed by atoms with Crippen LogP contribution in [0.15, 0.2) is 35.9 Å². The molecule has 0 aliphatic carbocycles. The van der Waals surface area contributed by atoms with E-state index in [1.165, 1.54) is 5.57 Å². The molecule has 1 aliphatic heterocycles. The van der Waals surface area contributed by atoms with Crippen LogP contribution in [0.3, 0.4) is 0 Å². The molecule has 15 heavy (non-hydrogen) atoms. The number of hydrogen-bond donors (Lipinski definition) is 0. The van der Waals surface area contributed by atoms with Crippen LogP contribution in [0.1, 0.15) is 18.9 Å². The largest absolute Gasteiger partial charge is 0.367 e. The zero-order valence-electron chi connectivity index (χ0n) is 8.90. The van der Waals surface area contributed by atoms with Crippen molar-refractivity contribution in [2.75, 3.05) is 18.0 Å². The maximum atomic E-state index is 8.82. The van der Waals surface area contributed by atoms with Gasteiger partial charge in [0.05, 0.1) is 11.6 Å². The molecule has 0 amide bonds. The lowest BCUT2D eigenvalue weighted by atomic mass is 10.1. The summed E-state index contributed by atoms with van der Waals surface area (Å²) in [6.45, 7) is 4.18. The van der Waals surface area contributed by atoms with E-state index in [4.69, 9.17) is 5.26 Å². The summed E-state index contributed by atoms with van der Waals surface area (Å²) in [5, 5.41) is 8.82. The Morgan fingerprint density at radius 1 is 1.40 bits per heavy atom. The van der Waals surface area contributed by atoms with Gasteiger partial charge in [0.2, 0.25) is 0 Å². The number of nitrogens with zero attached hydrogens (tertiary/aromatic N) is 2. The van der Waals surface area contributed by atoms with Crippen molar-refractivity contribution < 1.29 is 0 Å². The van der Waals surface area contributed by atoms with Gasteiger partial charge in [0.25, 0.3) is 0 Å². The summed E-state index contributed by atoms with van der Waals surface area (Å²) >= 11 is 0. The van der Waals surface area contributed by atoms with Crippen LogP contribution in [0.5, 0.6) is 0 Å². The number of hydrogen-bond acceptors (Lipinski definition) is 2. The van der Waals surface area contributed by atoms with E-state index in [0.717, 1.165) is 30.8 Å². The molecule has 1 heterocycles. The summed E-state index contributed by atoms with van der Waals surface area (Å²) < 4.78 is 0. The van der Waals surface area contributed by atoms with Gasteiger partial charge in [-0.1, -0.05) is 17.7 Å². The summed E-state index contributed by atoms with van der Waals surface area (Å²) in [7, 11) is 0. The molecule has 0 fully saturated rings. The summed E-state index contributed by atoms with van der Waals surface area (Å²) in [5.74, 6) is 0. The standard InChI is InChI=1S/C13H14N2/c1-11-5-7-15(8-6-11)13-4-2-3-12(9-13)10-14/h2-5,9H,6-8H2,1H3. The highest BCUT2D eigenvalue weighted by Crippen LogP contribution is 2.20. The Balaban J connectivity index is 2.20. The third kappa shape index (κ3) is 2.19. The molecule has 0 saturated heterocycles. The first-order valence-electron chi connectivity index (χ1n) is 5.20. The minimum atomic E-state index is 0.735. The lowest BCUT2D eigenvalue weighted by molar-refractivity contribution is 0.788. The average molecular weight is 198 g/mol. The van der Waals surface area contributed by atoms with Crippen LogP contribution in [0.4, 0.5) is 5.69 Å². The van der Waals surface area contributed by atoms with Crippen molar-refractivity contribution in [2.45, 2.75) is 13.3 Å². The Morgan fingerprint density at radius 3 is 2.93 bits per heavy atom. The highest BCUT2D eigenvalue weighted by atomic mass is 15.1. The molecule has 1 aromatic rings. The first-order chi connectivity index (χ1) is 7.29. The van der Waals surface area contributed by atoms with E-state index < -0.39 is 0 Å². The maximum Gasteiger partial charge on any atom is 0.0992 e. The molecular weight excluding hydrogens is 184 g/mol. The average Bonchev–Trinajstić information content (AvgIpc) is 2.30. The predicted molar refractivity (Wildman–Crippen MR) is 61.7 cm³/mol. The number of rotatable bonds is 1. The molecule has 0 aromatic heterocycles. The molecule has 0 N–H and O–H groups in total. The van der Waals surface area contributed by atoms with Crippen LogP contribution in [0.25, 0.3) is 0 Å². The fourth-order valence-electron chi connectivity index (χ4n) is 1.78. The van der Waals surface area contributed by atoms with Crippen LogP contribution < -0.4 is 4.90 Å². The van der Waals surface area contributed by atoms with Gasteiger partial charge < -0.3 is 4.90 Å². The fourth-order valence-corrected chi connectivity index (χ4v) is 1.78. The highest BCUT2D eigenvalue weighted by Gasteiger charge is 2.09. The van der Waals surface area contributed by atoms with Crippen LogP contribution in [-0.4, -0.2) is 13.1 Å². The number of anilines is 1. The molecular formula is C13H14N2. The van der Waals surface area contributed by atoms with E-state index in [1.807, 2.05) is 18.2 Å². The highest BCUT2D eigenvalue weighted by molar-refractivity contribution is 5.52. The molecule has 0 spiro atoms. The topological polar surface area (TPSA) is 27.0 Å². The molecule has 0 bridgehead atoms. The minimum absolute atomic E-state index is 0.735. The zero-order chi connectivity index (χ0) is 10.7. The quantitative estimate of drug-likeness (QED) is 0.649. The summed E-state index contributed by atoms with van der Waals surface area (Å²) in [4.78, 5) is 2.30. The van der Waals surface area contributed by atoms with Crippen molar-refractivity contribution in [1.82, 2.24) is 0 Å². The van der Waals surface area contributed by atoms with Gasteiger partial charge in [-0.25, -0.2) is 0 Å². The first kappa shape index (κ1) is 9.79. The Morgan fingerprint density at radius 2 is 2.27 bits per heavy atom. The smallest absolute Gasteiger partial charge is 0.0992 e. The summed E-state index contributed by atoms with van der Waals surface area (Å²) in [6, 6.07) is 9.98. The normalized spacial score (nSPS) is 15.7. The number of benzene rings is 1. The summed E-state index contributed by atoms with van der Waals surface area (Å²) in [5.41, 5.74) is 3.35. The molecule has 0 unspecified atom stereocenters. The van der Waals surface area contributed by atoms with Crippen LogP contribution >= 0.6 is 0 Å². The van der Waals surface area contributed by atoms with Crippen LogP contribution in [0, 0.1) is 11.3 Å². The molecule has 0 atom stereocenters. The van der Waals surface area contributed by atoms with E-state index in [1.54, 1.807) is 0 Å². The number of nitriles is 1. The van der Waals surface area contributed by atoms with Crippen molar-refractivity contribution in [1.29, 1.82) is 5.26 Å². The molecule has 0 radical (unpaired) electrons. The molecule has 76 valence electrons. The van der Waals surface area contributed by atoms with E-state index in [0.29, 0.717) is 0 Å². The van der Waals surface area contributed by atoms with Gasteiger partial charge in [0.1, 0.15) is 0 Å². The van der Waals surface area contributed by atoms with E-state index in [2.05, 4.69) is 30.0 Å². The van der Waals surface area contributed by atoms with E-state index in [-0.39, 0.29) is 0 Å². The molecule has 0 saturated carbocycles. The van der Waals surface area contributed by atoms with Gasteiger partial charge in [-0.3, -0.25) is 0 Å². The van der Waals surface area contributed by atoms with Crippen molar-refractivity contribution in [3.8, 4) is 6.07 Å². The van der Waals surface area contributed by atoms with Crippen molar-refractivity contribution in [3.05, 3.63) is 41.5 Å². The van der Waals surface area contributed by atoms with Crippen molar-refractivity contribution in [3.63, 3.8) is 0 Å². The maximum absolute atomic E-state index is 8.82. The van der Waals surface area contributed by atoms with Gasteiger partial charge in [-0.05, 0) is 31.5 Å². The molecule has 1 aromatic carbocycles. The Labute approximate surface area is 90.4 Å². The Hall–Kier alpha value is -1.75. The zero-order valence-corrected chi connectivity index (χ0v) is 8.90. The first-order valence-corrected chi connectivity index (χ1v) is 5.20. The Kier molecular flexibility index (Phi) is 2.73. The molecule has 1 aliphatic rings. The molecule has 2 rings (SSSR count). The van der Waals surface area contributed by atoms with Gasteiger partial charge in [0.15, 0.2) is 0 Å². The second-order valence-electron chi connectivity index (χ2n) is 3.91.